The third-order valence-corrected chi connectivity index (χ3v) is 3.10. The van der Waals surface area contributed by atoms with Crippen LogP contribution in [0.25, 0.3) is 11.1 Å². The first kappa shape index (κ1) is 13.6. The summed E-state index contributed by atoms with van der Waals surface area (Å²) in [7, 11) is 1.61. The zero-order chi connectivity index (χ0) is 13.8. The van der Waals surface area contributed by atoms with Gasteiger partial charge in [-0.25, -0.2) is 0 Å². The molecule has 0 atom stereocenters. The Labute approximate surface area is 117 Å². The average Bonchev–Trinajstić information content (AvgIpc) is 2.40. The molecule has 4 heteroatoms. The number of carbonyl (C=O) groups excluding carboxylic acids is 1. The zero-order valence-electron chi connectivity index (χ0n) is 10.5. The fourth-order valence-electron chi connectivity index (χ4n) is 1.93. The van der Waals surface area contributed by atoms with Crippen molar-refractivity contribution in [2.75, 3.05) is 7.11 Å². The quantitative estimate of drug-likeness (QED) is 0.931. The van der Waals surface area contributed by atoms with E-state index >= 15 is 0 Å². The van der Waals surface area contributed by atoms with E-state index in [1.807, 2.05) is 30.3 Å². The molecule has 0 aliphatic rings. The first-order valence-corrected chi connectivity index (χ1v) is 6.17. The lowest BCUT2D eigenvalue weighted by Gasteiger charge is -2.10. The summed E-state index contributed by atoms with van der Waals surface area (Å²) in [4.78, 5) is 11.2. The van der Waals surface area contributed by atoms with Crippen molar-refractivity contribution in [2.24, 2.45) is 5.73 Å². The molecule has 0 saturated heterocycles. The van der Waals surface area contributed by atoms with Crippen LogP contribution >= 0.6 is 11.6 Å². The highest BCUT2D eigenvalue weighted by Gasteiger charge is 2.09. The van der Waals surface area contributed by atoms with E-state index in [-0.39, 0.29) is 0 Å². The molecule has 0 spiro atoms. The van der Waals surface area contributed by atoms with Crippen LogP contribution in [0.4, 0.5) is 0 Å². The average molecular weight is 276 g/mol. The van der Waals surface area contributed by atoms with Crippen molar-refractivity contribution in [1.29, 1.82) is 0 Å². The van der Waals surface area contributed by atoms with E-state index in [2.05, 4.69) is 0 Å². The fourth-order valence-corrected chi connectivity index (χ4v) is 2.06. The van der Waals surface area contributed by atoms with Gasteiger partial charge in [0.2, 0.25) is 5.91 Å². The predicted octanol–water partition coefficient (Wildman–Crippen LogP) is 3.25. The molecule has 0 fully saturated rings. The lowest BCUT2D eigenvalue weighted by Crippen LogP contribution is -2.11. The van der Waals surface area contributed by atoms with Gasteiger partial charge in [-0.15, -0.1) is 0 Å². The molecule has 0 aliphatic heterocycles. The van der Waals surface area contributed by atoms with E-state index in [9.17, 15) is 4.79 Å². The number of benzene rings is 2. The van der Waals surface area contributed by atoms with Gasteiger partial charge in [0, 0.05) is 17.7 Å². The molecule has 2 rings (SSSR count). The number of halogens is 1. The summed E-state index contributed by atoms with van der Waals surface area (Å²) >= 11 is 5.88. The Kier molecular flexibility index (Phi) is 4.20. The Morgan fingerprint density at radius 2 is 1.89 bits per heavy atom. The molecule has 0 unspecified atom stereocenters. The van der Waals surface area contributed by atoms with Crippen molar-refractivity contribution in [3.05, 3.63) is 58.6 Å². The maximum Gasteiger partial charge on any atom is 0.248 e. The molecule has 0 aromatic heterocycles. The van der Waals surface area contributed by atoms with Crippen molar-refractivity contribution in [1.82, 2.24) is 0 Å². The van der Waals surface area contributed by atoms with Crippen LogP contribution < -0.4 is 5.73 Å². The Morgan fingerprint density at radius 1 is 1.21 bits per heavy atom. The van der Waals surface area contributed by atoms with Gasteiger partial charge in [-0.3, -0.25) is 4.79 Å². The van der Waals surface area contributed by atoms with E-state index in [4.69, 9.17) is 22.1 Å². The Bertz CT molecular complexity index is 594. The van der Waals surface area contributed by atoms with Crippen molar-refractivity contribution in [2.45, 2.75) is 6.61 Å². The Balaban J connectivity index is 2.49. The van der Waals surface area contributed by atoms with Gasteiger partial charge in [0.1, 0.15) is 0 Å². The molecule has 2 aromatic rings. The summed E-state index contributed by atoms with van der Waals surface area (Å²) < 4.78 is 5.17. The lowest BCUT2D eigenvalue weighted by atomic mass is 9.97. The summed E-state index contributed by atoms with van der Waals surface area (Å²) in [5, 5.41) is 0.686. The number of hydrogen-bond acceptors (Lipinski definition) is 2. The second-order valence-electron chi connectivity index (χ2n) is 4.18. The van der Waals surface area contributed by atoms with Gasteiger partial charge in [-0.2, -0.15) is 0 Å². The number of nitrogens with two attached hydrogens (primary N) is 1. The molecule has 0 radical (unpaired) electrons. The van der Waals surface area contributed by atoms with Crippen LogP contribution in [0.1, 0.15) is 15.9 Å². The van der Waals surface area contributed by atoms with Crippen LogP contribution in [0.3, 0.4) is 0 Å². The highest BCUT2D eigenvalue weighted by Crippen LogP contribution is 2.26. The van der Waals surface area contributed by atoms with Gasteiger partial charge in [-0.05, 0) is 41.0 Å². The summed E-state index contributed by atoms with van der Waals surface area (Å²) in [5.74, 6) is -0.444. The second kappa shape index (κ2) is 5.87. The number of amides is 1. The molecule has 98 valence electrons. The molecule has 19 heavy (non-hydrogen) atoms. The van der Waals surface area contributed by atoms with Gasteiger partial charge in [0.05, 0.1) is 6.61 Å². The lowest BCUT2D eigenvalue weighted by molar-refractivity contribution is 0.1000. The van der Waals surface area contributed by atoms with E-state index in [1.165, 1.54) is 0 Å². The molecule has 1 amide bonds. The minimum Gasteiger partial charge on any atom is -0.380 e. The molecule has 0 heterocycles. The summed E-state index contributed by atoms with van der Waals surface area (Å²) in [6.07, 6.45) is 0. The van der Waals surface area contributed by atoms with Gasteiger partial charge in [-0.1, -0.05) is 29.8 Å². The number of rotatable bonds is 4. The summed E-state index contributed by atoms with van der Waals surface area (Å²) in [6, 6.07) is 12.9. The van der Waals surface area contributed by atoms with Crippen molar-refractivity contribution >= 4 is 17.5 Å². The molecule has 0 saturated carbocycles. The first-order valence-electron chi connectivity index (χ1n) is 5.79. The van der Waals surface area contributed by atoms with E-state index in [0.717, 1.165) is 16.7 Å². The highest BCUT2D eigenvalue weighted by molar-refractivity contribution is 6.30. The molecular formula is C15H14ClNO2. The van der Waals surface area contributed by atoms with Crippen LogP contribution in [-0.4, -0.2) is 13.0 Å². The van der Waals surface area contributed by atoms with Gasteiger partial charge in [0.25, 0.3) is 0 Å². The third kappa shape index (κ3) is 3.13. The fraction of sp³-hybridized carbons (Fsp3) is 0.133. The Morgan fingerprint density at radius 3 is 2.47 bits per heavy atom. The molecular weight excluding hydrogens is 262 g/mol. The summed E-state index contributed by atoms with van der Waals surface area (Å²) in [5.41, 5.74) is 8.71. The smallest absolute Gasteiger partial charge is 0.248 e. The SMILES string of the molecule is COCc1cc(C(N)=O)ccc1-c1ccc(Cl)cc1. The predicted molar refractivity (Wildman–Crippen MR) is 76.1 cm³/mol. The van der Waals surface area contributed by atoms with Gasteiger partial charge in [0.15, 0.2) is 0 Å². The number of carbonyl (C=O) groups is 1. The van der Waals surface area contributed by atoms with Crippen LogP contribution in [0, 0.1) is 0 Å². The number of hydrogen-bond donors (Lipinski definition) is 1. The molecule has 3 nitrogen and oxygen atoms in total. The maximum absolute atomic E-state index is 11.2. The Hall–Kier alpha value is -1.84. The normalized spacial score (nSPS) is 10.4. The minimum absolute atomic E-state index is 0.416. The monoisotopic (exact) mass is 275 g/mol. The molecule has 0 aliphatic carbocycles. The van der Waals surface area contributed by atoms with E-state index in [1.54, 1.807) is 19.2 Å². The van der Waals surface area contributed by atoms with Crippen molar-refractivity contribution < 1.29 is 9.53 Å². The van der Waals surface area contributed by atoms with Crippen LogP contribution in [0.5, 0.6) is 0 Å². The molecule has 2 aromatic carbocycles. The van der Waals surface area contributed by atoms with Crippen LogP contribution in [0.15, 0.2) is 42.5 Å². The maximum atomic E-state index is 11.2. The van der Waals surface area contributed by atoms with Crippen molar-refractivity contribution in [3.8, 4) is 11.1 Å². The third-order valence-electron chi connectivity index (χ3n) is 2.84. The topological polar surface area (TPSA) is 52.3 Å². The van der Waals surface area contributed by atoms with Crippen LogP contribution in [-0.2, 0) is 11.3 Å². The number of primary amides is 1. The summed E-state index contributed by atoms with van der Waals surface area (Å²) in [6.45, 7) is 0.416. The first-order chi connectivity index (χ1) is 9.11. The standard InChI is InChI=1S/C15H14ClNO2/c1-19-9-12-8-11(15(17)18)4-7-14(12)10-2-5-13(16)6-3-10/h2-8H,9H2,1H3,(H2,17,18). The number of methoxy groups -OCH3 is 1. The van der Waals surface area contributed by atoms with E-state index in [0.29, 0.717) is 17.2 Å². The van der Waals surface area contributed by atoms with Crippen LogP contribution in [0.2, 0.25) is 5.02 Å². The second-order valence-corrected chi connectivity index (χ2v) is 4.61. The van der Waals surface area contributed by atoms with Gasteiger partial charge < -0.3 is 10.5 Å². The van der Waals surface area contributed by atoms with Crippen molar-refractivity contribution in [3.63, 3.8) is 0 Å². The highest BCUT2D eigenvalue weighted by atomic mass is 35.5. The molecule has 0 bridgehead atoms. The minimum atomic E-state index is -0.444. The van der Waals surface area contributed by atoms with E-state index < -0.39 is 5.91 Å². The number of ether oxygens (including phenoxy) is 1. The largest absolute Gasteiger partial charge is 0.380 e. The van der Waals surface area contributed by atoms with Gasteiger partial charge >= 0.3 is 0 Å². The zero-order valence-corrected chi connectivity index (χ0v) is 11.3. The molecule has 2 N–H and O–H groups in total.